The van der Waals surface area contributed by atoms with Crippen molar-refractivity contribution in [3.05, 3.63) is 24.0 Å². The van der Waals surface area contributed by atoms with Gasteiger partial charge < -0.3 is 10.3 Å². The van der Waals surface area contributed by atoms with Gasteiger partial charge in [-0.3, -0.25) is 0 Å². The zero-order chi connectivity index (χ0) is 10.7. The van der Waals surface area contributed by atoms with Gasteiger partial charge in [0.25, 0.3) is 0 Å². The van der Waals surface area contributed by atoms with E-state index >= 15 is 0 Å². The van der Waals surface area contributed by atoms with Crippen LogP contribution >= 0.6 is 0 Å². The molecule has 1 atom stereocenters. The molecule has 2 heteroatoms. The summed E-state index contributed by atoms with van der Waals surface area (Å²) in [6, 6.07) is 2.30. The Balaban J connectivity index is 2.67. The van der Waals surface area contributed by atoms with E-state index in [1.165, 1.54) is 5.56 Å². The van der Waals surface area contributed by atoms with Gasteiger partial charge in [0, 0.05) is 25.0 Å². The molecule has 2 nitrogen and oxygen atoms in total. The maximum absolute atomic E-state index is 6.07. The van der Waals surface area contributed by atoms with Crippen molar-refractivity contribution in [1.82, 2.24) is 4.57 Å². The van der Waals surface area contributed by atoms with Gasteiger partial charge in [-0.15, -0.1) is 0 Å². The quantitative estimate of drug-likeness (QED) is 0.785. The molecule has 2 N–H and O–H groups in total. The summed E-state index contributed by atoms with van der Waals surface area (Å²) in [4.78, 5) is 0. The first kappa shape index (κ1) is 11.3. The van der Waals surface area contributed by atoms with Crippen LogP contribution in [0.4, 0.5) is 0 Å². The summed E-state index contributed by atoms with van der Waals surface area (Å²) in [6.45, 7) is 9.84. The lowest BCUT2D eigenvalue weighted by Crippen LogP contribution is -2.16. The summed E-state index contributed by atoms with van der Waals surface area (Å²) in [7, 11) is 0. The molecule has 1 aromatic rings. The first-order valence-corrected chi connectivity index (χ1v) is 5.42. The third-order valence-electron chi connectivity index (χ3n) is 2.45. The molecule has 0 saturated carbocycles. The van der Waals surface area contributed by atoms with Crippen LogP contribution in [0.15, 0.2) is 18.5 Å². The molecular weight excluding hydrogens is 172 g/mol. The number of nitrogens with two attached hydrogens (primary N) is 1. The van der Waals surface area contributed by atoms with E-state index in [-0.39, 0.29) is 6.04 Å². The van der Waals surface area contributed by atoms with Gasteiger partial charge in [0.15, 0.2) is 0 Å². The minimum absolute atomic E-state index is 0.170. The summed E-state index contributed by atoms with van der Waals surface area (Å²) < 4.78 is 2.22. The van der Waals surface area contributed by atoms with Gasteiger partial charge >= 0.3 is 0 Å². The standard InChI is InChI=1S/C12H22N2/c1-9(2)7-14-6-5-11(8-14)12(13)10(3)4/h5-6,8-10,12H,7,13H2,1-4H3. The van der Waals surface area contributed by atoms with Crippen LogP contribution in [0.5, 0.6) is 0 Å². The lowest BCUT2D eigenvalue weighted by molar-refractivity contribution is 0.504. The van der Waals surface area contributed by atoms with E-state index in [9.17, 15) is 0 Å². The van der Waals surface area contributed by atoms with E-state index in [2.05, 4.69) is 50.7 Å². The van der Waals surface area contributed by atoms with E-state index in [4.69, 9.17) is 5.73 Å². The minimum atomic E-state index is 0.170. The first-order chi connectivity index (χ1) is 6.50. The Kier molecular flexibility index (Phi) is 3.76. The van der Waals surface area contributed by atoms with Gasteiger partial charge in [-0.2, -0.15) is 0 Å². The molecule has 1 heterocycles. The third kappa shape index (κ3) is 2.88. The van der Waals surface area contributed by atoms with Crippen molar-refractivity contribution in [1.29, 1.82) is 0 Å². The minimum Gasteiger partial charge on any atom is -0.354 e. The summed E-state index contributed by atoms with van der Waals surface area (Å²) in [5, 5.41) is 0. The van der Waals surface area contributed by atoms with Crippen LogP contribution in [0.1, 0.15) is 39.3 Å². The summed E-state index contributed by atoms with van der Waals surface area (Å²) in [5.74, 6) is 1.19. The number of hydrogen-bond acceptors (Lipinski definition) is 1. The monoisotopic (exact) mass is 194 g/mol. The predicted molar refractivity (Wildman–Crippen MR) is 61.0 cm³/mol. The second kappa shape index (κ2) is 4.65. The Morgan fingerprint density at radius 2 is 1.93 bits per heavy atom. The van der Waals surface area contributed by atoms with E-state index < -0.39 is 0 Å². The molecule has 14 heavy (non-hydrogen) atoms. The average molecular weight is 194 g/mol. The maximum atomic E-state index is 6.07. The van der Waals surface area contributed by atoms with Crippen molar-refractivity contribution in [3.8, 4) is 0 Å². The Hall–Kier alpha value is -0.760. The lowest BCUT2D eigenvalue weighted by Gasteiger charge is -2.13. The molecule has 0 aliphatic rings. The molecule has 1 rings (SSSR count). The smallest absolute Gasteiger partial charge is 0.0333 e. The highest BCUT2D eigenvalue weighted by Crippen LogP contribution is 2.19. The zero-order valence-corrected chi connectivity index (χ0v) is 9.70. The molecule has 0 fully saturated rings. The summed E-state index contributed by atoms with van der Waals surface area (Å²) in [5.41, 5.74) is 7.32. The van der Waals surface area contributed by atoms with Gasteiger partial charge in [-0.1, -0.05) is 27.7 Å². The average Bonchev–Trinajstić information content (AvgIpc) is 2.50. The third-order valence-corrected chi connectivity index (χ3v) is 2.45. The van der Waals surface area contributed by atoms with Gasteiger partial charge in [-0.05, 0) is 23.5 Å². The molecule has 0 aromatic carbocycles. The van der Waals surface area contributed by atoms with Gasteiger partial charge in [-0.25, -0.2) is 0 Å². The highest BCUT2D eigenvalue weighted by molar-refractivity contribution is 5.15. The molecular formula is C12H22N2. The van der Waals surface area contributed by atoms with E-state index in [0.29, 0.717) is 11.8 Å². The molecule has 0 saturated heterocycles. The molecule has 0 radical (unpaired) electrons. The first-order valence-electron chi connectivity index (χ1n) is 5.42. The molecule has 0 amide bonds. The molecule has 0 aliphatic heterocycles. The van der Waals surface area contributed by atoms with E-state index in [1.54, 1.807) is 0 Å². The van der Waals surface area contributed by atoms with Crippen molar-refractivity contribution in [2.75, 3.05) is 0 Å². The largest absolute Gasteiger partial charge is 0.354 e. The highest BCUT2D eigenvalue weighted by Gasteiger charge is 2.11. The Labute approximate surface area is 87.1 Å². The molecule has 80 valence electrons. The highest BCUT2D eigenvalue weighted by atomic mass is 14.9. The van der Waals surface area contributed by atoms with Crippen LogP contribution in [-0.4, -0.2) is 4.57 Å². The predicted octanol–water partition coefficient (Wildman–Crippen LogP) is 2.80. The molecule has 1 aromatic heterocycles. The Bertz CT molecular complexity index is 274. The van der Waals surface area contributed by atoms with E-state index in [1.807, 2.05) is 0 Å². The van der Waals surface area contributed by atoms with Crippen molar-refractivity contribution < 1.29 is 0 Å². The normalized spacial score (nSPS) is 13.9. The molecule has 0 bridgehead atoms. The van der Waals surface area contributed by atoms with Crippen molar-refractivity contribution in [2.45, 2.75) is 40.3 Å². The van der Waals surface area contributed by atoms with Crippen LogP contribution < -0.4 is 5.73 Å². The Morgan fingerprint density at radius 3 is 2.43 bits per heavy atom. The Morgan fingerprint density at radius 1 is 1.29 bits per heavy atom. The van der Waals surface area contributed by atoms with Crippen LogP contribution in [0.3, 0.4) is 0 Å². The lowest BCUT2D eigenvalue weighted by atomic mass is 10.00. The summed E-state index contributed by atoms with van der Waals surface area (Å²) >= 11 is 0. The van der Waals surface area contributed by atoms with Crippen molar-refractivity contribution in [3.63, 3.8) is 0 Å². The van der Waals surface area contributed by atoms with Crippen LogP contribution in [-0.2, 0) is 6.54 Å². The summed E-state index contributed by atoms with van der Waals surface area (Å²) in [6.07, 6.45) is 4.29. The van der Waals surface area contributed by atoms with Crippen molar-refractivity contribution >= 4 is 0 Å². The second-order valence-corrected chi connectivity index (χ2v) is 4.81. The van der Waals surface area contributed by atoms with Gasteiger partial charge in [0.1, 0.15) is 0 Å². The molecule has 0 aliphatic carbocycles. The number of rotatable bonds is 4. The zero-order valence-electron chi connectivity index (χ0n) is 9.70. The topological polar surface area (TPSA) is 30.9 Å². The molecule has 1 unspecified atom stereocenters. The SMILES string of the molecule is CC(C)Cn1ccc(C(N)C(C)C)c1. The fraction of sp³-hybridized carbons (Fsp3) is 0.667. The number of nitrogens with zero attached hydrogens (tertiary/aromatic N) is 1. The van der Waals surface area contributed by atoms with Gasteiger partial charge in [0.2, 0.25) is 0 Å². The number of aromatic nitrogens is 1. The fourth-order valence-electron chi connectivity index (χ4n) is 1.58. The number of hydrogen-bond donors (Lipinski definition) is 1. The van der Waals surface area contributed by atoms with E-state index in [0.717, 1.165) is 6.54 Å². The van der Waals surface area contributed by atoms with Crippen molar-refractivity contribution in [2.24, 2.45) is 17.6 Å². The van der Waals surface area contributed by atoms with Crippen LogP contribution in [0.25, 0.3) is 0 Å². The van der Waals surface area contributed by atoms with Crippen LogP contribution in [0.2, 0.25) is 0 Å². The van der Waals surface area contributed by atoms with Crippen LogP contribution in [0, 0.1) is 11.8 Å². The fourth-order valence-corrected chi connectivity index (χ4v) is 1.58. The van der Waals surface area contributed by atoms with Gasteiger partial charge in [0.05, 0.1) is 0 Å². The molecule has 0 spiro atoms. The maximum Gasteiger partial charge on any atom is 0.0333 e. The second-order valence-electron chi connectivity index (χ2n) is 4.81.